The van der Waals surface area contributed by atoms with Crippen molar-refractivity contribution in [1.29, 1.82) is 0 Å². The van der Waals surface area contributed by atoms with Gasteiger partial charge in [0, 0.05) is 30.6 Å². The van der Waals surface area contributed by atoms with Crippen LogP contribution in [0.3, 0.4) is 0 Å². The largest absolute Gasteiger partial charge is 0.348 e. The number of rotatable bonds is 4. The summed E-state index contributed by atoms with van der Waals surface area (Å²) in [6.07, 6.45) is 2.73. The van der Waals surface area contributed by atoms with Crippen molar-refractivity contribution in [2.45, 2.75) is 25.9 Å². The highest BCUT2D eigenvalue weighted by atomic mass is 32.1. The molecule has 1 aliphatic heterocycles. The number of aromatic nitrogens is 3. The first-order chi connectivity index (χ1) is 11.6. The van der Waals surface area contributed by atoms with Crippen LogP contribution in [0, 0.1) is 11.8 Å². The zero-order valence-electron chi connectivity index (χ0n) is 13.4. The Morgan fingerprint density at radius 2 is 2.29 bits per heavy atom. The molecule has 0 spiro atoms. The average Bonchev–Trinajstić information content (AvgIpc) is 3.03. The Labute approximate surface area is 143 Å². The number of hydrogen-bond acceptors (Lipinski definition) is 5. The third-order valence-corrected chi connectivity index (χ3v) is 5.37. The fraction of sp³-hybridized carbons (Fsp3) is 0.500. The van der Waals surface area contributed by atoms with Crippen molar-refractivity contribution in [2.24, 2.45) is 11.8 Å². The van der Waals surface area contributed by atoms with E-state index in [1.165, 1.54) is 11.3 Å². The second-order valence-electron chi connectivity index (χ2n) is 6.54. The molecule has 24 heavy (non-hydrogen) atoms. The summed E-state index contributed by atoms with van der Waals surface area (Å²) in [7, 11) is 0. The van der Waals surface area contributed by atoms with Crippen molar-refractivity contribution in [3.8, 4) is 0 Å². The normalized spacial score (nSPS) is 25.2. The monoisotopic (exact) mass is 345 g/mol. The average molecular weight is 345 g/mol. The van der Waals surface area contributed by atoms with Crippen LogP contribution in [0.1, 0.15) is 35.6 Å². The van der Waals surface area contributed by atoms with E-state index in [2.05, 4.69) is 22.3 Å². The number of nitrogens with one attached hydrogen (secondary N) is 1. The topological polar surface area (TPSA) is 80.1 Å². The van der Waals surface area contributed by atoms with Gasteiger partial charge in [0.25, 0.3) is 5.91 Å². The second-order valence-corrected chi connectivity index (χ2v) is 7.26. The van der Waals surface area contributed by atoms with Gasteiger partial charge >= 0.3 is 0 Å². The summed E-state index contributed by atoms with van der Waals surface area (Å²) < 4.78 is 1.92. The van der Waals surface area contributed by atoms with E-state index in [-0.39, 0.29) is 23.8 Å². The standard InChI is InChI=1S/C16H19N5O2S/c1-10-4-13(10)16(23)20-6-11-2-3-19-21(11)12(7-20)5-17-15(22)14-8-24-9-18-14/h2-3,8-10,12-13H,4-7H2,1H3,(H,17,22). The molecule has 8 heteroatoms. The quantitative estimate of drug-likeness (QED) is 0.906. The molecule has 1 saturated carbocycles. The highest BCUT2D eigenvalue weighted by Crippen LogP contribution is 2.40. The minimum atomic E-state index is -0.191. The molecule has 0 saturated heterocycles. The lowest BCUT2D eigenvalue weighted by molar-refractivity contribution is -0.135. The Balaban J connectivity index is 1.45. The van der Waals surface area contributed by atoms with Crippen LogP contribution in [0.4, 0.5) is 0 Å². The van der Waals surface area contributed by atoms with Crippen LogP contribution < -0.4 is 5.32 Å². The van der Waals surface area contributed by atoms with Gasteiger partial charge in [-0.05, 0) is 18.4 Å². The number of fused-ring (bicyclic) bond motifs is 1. The van der Waals surface area contributed by atoms with Crippen molar-refractivity contribution < 1.29 is 9.59 Å². The lowest BCUT2D eigenvalue weighted by atomic mass is 10.1. The lowest BCUT2D eigenvalue weighted by Gasteiger charge is -2.34. The van der Waals surface area contributed by atoms with Crippen molar-refractivity contribution in [3.63, 3.8) is 0 Å². The minimum absolute atomic E-state index is 0.0515. The zero-order chi connectivity index (χ0) is 16.7. The third kappa shape index (κ3) is 2.82. The molecule has 3 unspecified atom stereocenters. The molecular weight excluding hydrogens is 326 g/mol. The molecule has 4 rings (SSSR count). The molecule has 1 fully saturated rings. The van der Waals surface area contributed by atoms with E-state index < -0.39 is 0 Å². The minimum Gasteiger partial charge on any atom is -0.348 e. The molecule has 1 N–H and O–H groups in total. The maximum absolute atomic E-state index is 12.6. The van der Waals surface area contributed by atoms with Crippen LogP contribution in [-0.4, -0.2) is 44.6 Å². The van der Waals surface area contributed by atoms with Crippen LogP contribution in [0.5, 0.6) is 0 Å². The molecular formula is C16H19N5O2S. The van der Waals surface area contributed by atoms with Gasteiger partial charge < -0.3 is 10.2 Å². The van der Waals surface area contributed by atoms with Gasteiger partial charge in [-0.15, -0.1) is 11.3 Å². The van der Waals surface area contributed by atoms with E-state index in [4.69, 9.17) is 0 Å². The van der Waals surface area contributed by atoms with Gasteiger partial charge in [-0.2, -0.15) is 5.10 Å². The molecule has 0 aromatic carbocycles. The number of carbonyl (C=O) groups excluding carboxylic acids is 2. The van der Waals surface area contributed by atoms with E-state index in [1.54, 1.807) is 17.1 Å². The molecule has 0 bridgehead atoms. The van der Waals surface area contributed by atoms with Crippen molar-refractivity contribution >= 4 is 23.2 Å². The molecule has 2 aromatic rings. The fourth-order valence-corrected chi connectivity index (χ4v) is 3.76. The second kappa shape index (κ2) is 6.01. The Morgan fingerprint density at radius 1 is 1.46 bits per heavy atom. The van der Waals surface area contributed by atoms with Crippen LogP contribution in [0.25, 0.3) is 0 Å². The van der Waals surface area contributed by atoms with E-state index >= 15 is 0 Å². The Morgan fingerprint density at radius 3 is 3.00 bits per heavy atom. The van der Waals surface area contributed by atoms with Gasteiger partial charge in [0.1, 0.15) is 5.69 Å². The van der Waals surface area contributed by atoms with Crippen molar-refractivity contribution in [2.75, 3.05) is 13.1 Å². The molecule has 126 valence electrons. The Hall–Kier alpha value is -2.22. The predicted octanol–water partition coefficient (Wildman–Crippen LogP) is 1.31. The summed E-state index contributed by atoms with van der Waals surface area (Å²) in [5.41, 5.74) is 3.07. The summed E-state index contributed by atoms with van der Waals surface area (Å²) in [5.74, 6) is 0.701. The van der Waals surface area contributed by atoms with E-state index in [0.717, 1.165) is 12.1 Å². The summed E-state index contributed by atoms with van der Waals surface area (Å²) in [4.78, 5) is 30.6. The van der Waals surface area contributed by atoms with Crippen LogP contribution in [-0.2, 0) is 11.3 Å². The third-order valence-electron chi connectivity index (χ3n) is 4.78. The Bertz CT molecular complexity index is 756. The predicted molar refractivity (Wildman–Crippen MR) is 88.4 cm³/mol. The van der Waals surface area contributed by atoms with Crippen LogP contribution in [0.15, 0.2) is 23.2 Å². The number of hydrogen-bond donors (Lipinski definition) is 1. The summed E-state index contributed by atoms with van der Waals surface area (Å²) >= 11 is 1.39. The first-order valence-corrected chi connectivity index (χ1v) is 9.05. The molecule has 2 aromatic heterocycles. The van der Waals surface area contributed by atoms with Gasteiger partial charge in [0.05, 0.1) is 23.8 Å². The lowest BCUT2D eigenvalue weighted by Crippen LogP contribution is -2.45. The number of carbonyl (C=O) groups is 2. The van der Waals surface area contributed by atoms with E-state index in [1.807, 2.05) is 15.6 Å². The van der Waals surface area contributed by atoms with Gasteiger partial charge in [0.2, 0.25) is 5.91 Å². The Kier molecular flexibility index (Phi) is 3.84. The van der Waals surface area contributed by atoms with Gasteiger partial charge in [-0.3, -0.25) is 14.3 Å². The van der Waals surface area contributed by atoms with E-state index in [0.29, 0.717) is 31.2 Å². The van der Waals surface area contributed by atoms with Gasteiger partial charge in [-0.25, -0.2) is 4.98 Å². The maximum Gasteiger partial charge on any atom is 0.270 e. The fourth-order valence-electron chi connectivity index (χ4n) is 3.23. The van der Waals surface area contributed by atoms with Gasteiger partial charge in [-0.1, -0.05) is 6.92 Å². The first-order valence-electron chi connectivity index (χ1n) is 8.11. The van der Waals surface area contributed by atoms with Crippen LogP contribution in [0.2, 0.25) is 0 Å². The van der Waals surface area contributed by atoms with Crippen molar-refractivity contribution in [3.05, 3.63) is 34.5 Å². The summed E-state index contributed by atoms with van der Waals surface area (Å²) in [6, 6.07) is 1.88. The maximum atomic E-state index is 12.6. The smallest absolute Gasteiger partial charge is 0.270 e. The summed E-state index contributed by atoms with van der Waals surface area (Å²) in [5, 5.41) is 8.99. The molecule has 7 nitrogen and oxygen atoms in total. The highest BCUT2D eigenvalue weighted by molar-refractivity contribution is 7.07. The SMILES string of the molecule is CC1CC1C(=O)N1Cc2ccnn2C(CNC(=O)c2cscn2)C1. The molecule has 1 aliphatic carbocycles. The van der Waals surface area contributed by atoms with E-state index in [9.17, 15) is 9.59 Å². The molecule has 3 heterocycles. The zero-order valence-corrected chi connectivity index (χ0v) is 14.2. The summed E-state index contributed by atoms with van der Waals surface area (Å²) in [6.45, 7) is 3.71. The molecule has 3 atom stereocenters. The van der Waals surface area contributed by atoms with Crippen LogP contribution >= 0.6 is 11.3 Å². The highest BCUT2D eigenvalue weighted by Gasteiger charge is 2.43. The molecule has 0 radical (unpaired) electrons. The number of amides is 2. The molecule has 2 aliphatic rings. The molecule has 2 amide bonds. The van der Waals surface area contributed by atoms with Gasteiger partial charge in [0.15, 0.2) is 0 Å². The first kappa shape index (κ1) is 15.3. The number of thiazole rings is 1. The van der Waals surface area contributed by atoms with Crippen molar-refractivity contribution in [1.82, 2.24) is 25.0 Å². The number of nitrogens with zero attached hydrogens (tertiary/aromatic N) is 4.